The van der Waals surface area contributed by atoms with E-state index >= 15 is 0 Å². The maximum Gasteiger partial charge on any atom is 0.249 e. The molecule has 0 aromatic heterocycles. The molecule has 0 spiro atoms. The van der Waals surface area contributed by atoms with Gasteiger partial charge in [0, 0.05) is 0 Å². The van der Waals surface area contributed by atoms with Crippen LogP contribution in [0.15, 0.2) is 12.2 Å². The van der Waals surface area contributed by atoms with Crippen LogP contribution >= 0.6 is 0 Å². The van der Waals surface area contributed by atoms with E-state index in [1.807, 2.05) is 6.08 Å². The molecular weight excluding hydrogens is 631 g/mol. The molecule has 0 unspecified atom stereocenters. The van der Waals surface area contributed by atoms with Crippen molar-refractivity contribution in [3.05, 3.63) is 12.2 Å². The molecule has 4 N–H and O–H groups in total. The highest BCUT2D eigenvalue weighted by atomic mass is 16.3. The van der Waals surface area contributed by atoms with Crippen LogP contribution < -0.4 is 5.32 Å². The van der Waals surface area contributed by atoms with Crippen LogP contribution in [-0.2, 0) is 4.79 Å². The highest BCUT2D eigenvalue weighted by Gasteiger charge is 2.22. The summed E-state index contributed by atoms with van der Waals surface area (Å²) in [5.74, 6) is -0.499. The molecule has 0 aliphatic carbocycles. The standard InChI is InChI=1S/C46H91NO4/c1-3-5-7-9-11-13-15-17-19-20-21-22-23-24-25-27-29-31-33-35-37-39-41-45(50)46(51)47-43(42-48)44(49)40-38-36-34-32-30-28-26-18-16-14-12-10-8-6-4-2/h38,40,43-45,48-50H,3-37,39,41-42H2,1-2H3,(H,47,51)/b40-38+/t43-,44+,45-/m0/s1. The summed E-state index contributed by atoms with van der Waals surface area (Å²) in [5, 5.41) is 33.2. The van der Waals surface area contributed by atoms with Crippen LogP contribution in [0.25, 0.3) is 0 Å². The molecular formula is C46H91NO4. The van der Waals surface area contributed by atoms with Crippen molar-refractivity contribution in [2.75, 3.05) is 6.61 Å². The molecule has 0 aromatic rings. The van der Waals surface area contributed by atoms with Gasteiger partial charge in [-0.15, -0.1) is 0 Å². The topological polar surface area (TPSA) is 89.8 Å². The average Bonchev–Trinajstić information content (AvgIpc) is 3.13. The second-order valence-corrected chi connectivity index (χ2v) is 16.0. The number of carbonyl (C=O) groups is 1. The summed E-state index contributed by atoms with van der Waals surface area (Å²) in [6.07, 6.45) is 49.6. The Kier molecular flexibility index (Phi) is 41.1. The monoisotopic (exact) mass is 722 g/mol. The van der Waals surface area contributed by atoms with Crippen LogP contribution in [0.2, 0.25) is 0 Å². The average molecular weight is 722 g/mol. The lowest BCUT2D eigenvalue weighted by Crippen LogP contribution is -2.48. The highest BCUT2D eigenvalue weighted by molar-refractivity contribution is 5.80. The van der Waals surface area contributed by atoms with E-state index in [1.165, 1.54) is 199 Å². The predicted octanol–water partition coefficient (Wildman–Crippen LogP) is 13.2. The fourth-order valence-corrected chi connectivity index (χ4v) is 7.25. The molecule has 0 aromatic carbocycles. The van der Waals surface area contributed by atoms with Crippen molar-refractivity contribution in [3.8, 4) is 0 Å². The van der Waals surface area contributed by atoms with Gasteiger partial charge in [0.25, 0.3) is 0 Å². The first kappa shape index (κ1) is 50.1. The van der Waals surface area contributed by atoms with Gasteiger partial charge >= 0.3 is 0 Å². The van der Waals surface area contributed by atoms with Crippen molar-refractivity contribution in [1.82, 2.24) is 5.32 Å². The zero-order valence-corrected chi connectivity index (χ0v) is 34.5. The third kappa shape index (κ3) is 37.2. The number of hydrogen-bond acceptors (Lipinski definition) is 4. The lowest BCUT2D eigenvalue weighted by molar-refractivity contribution is -0.131. The van der Waals surface area contributed by atoms with Crippen LogP contribution in [0.5, 0.6) is 0 Å². The summed E-state index contributed by atoms with van der Waals surface area (Å²) in [6, 6.07) is -0.792. The minimum atomic E-state index is -1.09. The molecule has 0 rings (SSSR count). The summed E-state index contributed by atoms with van der Waals surface area (Å²) in [4.78, 5) is 12.5. The Bertz CT molecular complexity index is 713. The van der Waals surface area contributed by atoms with E-state index in [9.17, 15) is 20.1 Å². The van der Waals surface area contributed by atoms with Crippen molar-refractivity contribution < 1.29 is 20.1 Å². The Labute approximate surface area is 319 Å². The van der Waals surface area contributed by atoms with Gasteiger partial charge in [0.05, 0.1) is 18.8 Å². The number of unbranched alkanes of at least 4 members (excludes halogenated alkanes) is 34. The van der Waals surface area contributed by atoms with Crippen LogP contribution in [0.1, 0.15) is 251 Å². The van der Waals surface area contributed by atoms with Crippen LogP contribution in [0.4, 0.5) is 0 Å². The molecule has 0 fully saturated rings. The first-order valence-corrected chi connectivity index (χ1v) is 23.0. The molecule has 3 atom stereocenters. The van der Waals surface area contributed by atoms with Gasteiger partial charge < -0.3 is 20.6 Å². The number of hydrogen-bond donors (Lipinski definition) is 4. The number of aliphatic hydroxyl groups excluding tert-OH is 3. The van der Waals surface area contributed by atoms with E-state index in [4.69, 9.17) is 0 Å². The molecule has 0 heterocycles. The Balaban J connectivity index is 3.60. The quantitative estimate of drug-likeness (QED) is 0.0373. The number of amides is 1. The van der Waals surface area contributed by atoms with Gasteiger partial charge in [-0.1, -0.05) is 244 Å². The number of rotatable bonds is 42. The Morgan fingerprint density at radius 2 is 0.765 bits per heavy atom. The zero-order chi connectivity index (χ0) is 37.3. The number of aliphatic hydroxyl groups is 3. The normalized spacial score (nSPS) is 13.6. The van der Waals surface area contributed by atoms with E-state index < -0.39 is 24.2 Å². The first-order valence-electron chi connectivity index (χ1n) is 23.0. The maximum atomic E-state index is 12.5. The first-order chi connectivity index (χ1) is 25.1. The van der Waals surface area contributed by atoms with Gasteiger partial charge in [0.15, 0.2) is 0 Å². The smallest absolute Gasteiger partial charge is 0.249 e. The molecule has 304 valence electrons. The molecule has 0 radical (unpaired) electrons. The molecule has 0 saturated heterocycles. The van der Waals surface area contributed by atoms with E-state index in [1.54, 1.807) is 6.08 Å². The number of nitrogens with one attached hydrogen (secondary N) is 1. The Morgan fingerprint density at radius 3 is 1.08 bits per heavy atom. The van der Waals surface area contributed by atoms with Crippen LogP contribution in [-0.4, -0.2) is 46.1 Å². The van der Waals surface area contributed by atoms with Crippen molar-refractivity contribution in [3.63, 3.8) is 0 Å². The summed E-state index contributed by atoms with van der Waals surface area (Å²) in [7, 11) is 0. The second-order valence-electron chi connectivity index (χ2n) is 16.0. The zero-order valence-electron chi connectivity index (χ0n) is 34.5. The van der Waals surface area contributed by atoms with Gasteiger partial charge in [-0.05, 0) is 19.3 Å². The number of carbonyl (C=O) groups excluding carboxylic acids is 1. The molecule has 0 aliphatic heterocycles. The summed E-state index contributed by atoms with van der Waals surface area (Å²) in [5.41, 5.74) is 0. The minimum absolute atomic E-state index is 0.359. The highest BCUT2D eigenvalue weighted by Crippen LogP contribution is 2.17. The SMILES string of the molecule is CCCCCCCCCCCCCCC/C=C/[C@@H](O)[C@H](CO)NC(=O)[C@@H](O)CCCCCCCCCCCCCCCCCCCCCCCC. The van der Waals surface area contributed by atoms with Crippen molar-refractivity contribution >= 4 is 5.91 Å². The van der Waals surface area contributed by atoms with Gasteiger partial charge in [-0.3, -0.25) is 4.79 Å². The maximum absolute atomic E-state index is 12.5. The van der Waals surface area contributed by atoms with E-state index in [2.05, 4.69) is 19.2 Å². The van der Waals surface area contributed by atoms with E-state index in [-0.39, 0.29) is 6.61 Å². The predicted molar refractivity (Wildman–Crippen MR) is 222 cm³/mol. The third-order valence-corrected chi connectivity index (χ3v) is 10.9. The molecule has 0 saturated carbocycles. The fourth-order valence-electron chi connectivity index (χ4n) is 7.25. The minimum Gasteiger partial charge on any atom is -0.394 e. The Hall–Kier alpha value is -0.910. The second kappa shape index (κ2) is 41.8. The van der Waals surface area contributed by atoms with E-state index in [0.717, 1.165) is 32.1 Å². The van der Waals surface area contributed by atoms with Gasteiger partial charge in [0.2, 0.25) is 5.91 Å². The summed E-state index contributed by atoms with van der Waals surface area (Å²) < 4.78 is 0. The summed E-state index contributed by atoms with van der Waals surface area (Å²) in [6.45, 7) is 4.20. The number of allylic oxidation sites excluding steroid dienone is 1. The fraction of sp³-hybridized carbons (Fsp3) is 0.935. The largest absolute Gasteiger partial charge is 0.394 e. The molecule has 5 heteroatoms. The third-order valence-electron chi connectivity index (χ3n) is 10.9. The van der Waals surface area contributed by atoms with Gasteiger partial charge in [-0.25, -0.2) is 0 Å². The van der Waals surface area contributed by atoms with Crippen LogP contribution in [0.3, 0.4) is 0 Å². The molecule has 0 bridgehead atoms. The lowest BCUT2D eigenvalue weighted by atomic mass is 10.0. The van der Waals surface area contributed by atoms with Crippen molar-refractivity contribution in [2.24, 2.45) is 0 Å². The molecule has 5 nitrogen and oxygen atoms in total. The van der Waals surface area contributed by atoms with Gasteiger partial charge in [0.1, 0.15) is 6.10 Å². The molecule has 0 aliphatic rings. The summed E-state index contributed by atoms with van der Waals surface area (Å²) >= 11 is 0. The van der Waals surface area contributed by atoms with Crippen molar-refractivity contribution in [1.29, 1.82) is 0 Å². The molecule has 1 amide bonds. The molecule has 51 heavy (non-hydrogen) atoms. The van der Waals surface area contributed by atoms with E-state index in [0.29, 0.717) is 6.42 Å². The lowest BCUT2D eigenvalue weighted by Gasteiger charge is -2.21. The Morgan fingerprint density at radius 1 is 0.471 bits per heavy atom. The van der Waals surface area contributed by atoms with Gasteiger partial charge in [-0.2, -0.15) is 0 Å². The van der Waals surface area contributed by atoms with Crippen LogP contribution in [0, 0.1) is 0 Å². The van der Waals surface area contributed by atoms with Crippen molar-refractivity contribution in [2.45, 2.75) is 270 Å².